The van der Waals surface area contributed by atoms with Gasteiger partial charge in [0.25, 0.3) is 0 Å². The summed E-state index contributed by atoms with van der Waals surface area (Å²) in [7, 11) is 3.47. The predicted molar refractivity (Wildman–Crippen MR) is 471 cm³/mol. The number of carbonyl (C=O) groups excluding carboxylic acids is 4. The van der Waals surface area contributed by atoms with Crippen LogP contribution in [0.1, 0.15) is 274 Å². The Kier molecular flexibility index (Phi) is 27.9. The minimum absolute atomic E-state index is 0.0350. The highest BCUT2D eigenvalue weighted by Crippen LogP contribution is 2.70. The molecule has 4 N–H and O–H groups in total. The van der Waals surface area contributed by atoms with Gasteiger partial charge in [-0.05, 0) is 385 Å². The molecule has 4 aliphatic heterocycles. The van der Waals surface area contributed by atoms with Crippen LogP contribution in [-0.4, -0.2) is 244 Å². The lowest BCUT2D eigenvalue weighted by atomic mass is 9.48. The summed E-state index contributed by atoms with van der Waals surface area (Å²) in [5, 5.41) is 43.3. The minimum atomic E-state index is -0.684. The van der Waals surface area contributed by atoms with Crippen molar-refractivity contribution in [2.75, 3.05) is 152 Å². The first kappa shape index (κ1) is 91.0. The van der Waals surface area contributed by atoms with Gasteiger partial charge in [-0.25, -0.2) is 0 Å². The third-order valence-electron chi connectivity index (χ3n) is 41.8. The maximum Gasteiger partial charge on any atom is 0.150 e. The van der Waals surface area contributed by atoms with Crippen LogP contribution in [0.25, 0.3) is 0 Å². The highest BCUT2D eigenvalue weighted by Gasteiger charge is 2.65. The Labute approximate surface area is 730 Å². The fourth-order valence-electron chi connectivity index (χ4n) is 35.5. The molecular weight excluding hydrogens is 1520 g/mol. The smallest absolute Gasteiger partial charge is 0.150 e. The molecule has 0 bridgehead atoms. The molecule has 121 heavy (non-hydrogen) atoms. The topological polar surface area (TPSA) is 218 Å². The zero-order valence-electron chi connectivity index (χ0n) is 77.6. The molecule has 0 unspecified atom stereocenters. The van der Waals surface area contributed by atoms with Crippen LogP contribution < -0.4 is 0 Å². The van der Waals surface area contributed by atoms with Gasteiger partial charge in [0.2, 0.25) is 0 Å². The van der Waals surface area contributed by atoms with Crippen molar-refractivity contribution in [3.8, 4) is 0 Å². The lowest BCUT2D eigenvalue weighted by molar-refractivity contribution is -0.165. The zero-order valence-corrected chi connectivity index (χ0v) is 77.6. The van der Waals surface area contributed by atoms with Crippen molar-refractivity contribution >= 4 is 23.1 Å². The molecule has 4 saturated heterocycles. The summed E-state index contributed by atoms with van der Waals surface area (Å²) in [5.41, 5.74) is -1.32. The number of nitrogens with zero attached hydrogens (tertiary/aromatic N) is 4. The molecular formula is C103H170N4O14. The van der Waals surface area contributed by atoms with Crippen molar-refractivity contribution in [3.05, 3.63) is 0 Å². The van der Waals surface area contributed by atoms with E-state index in [0.717, 1.165) is 277 Å². The number of hydrogen-bond donors (Lipinski definition) is 4. The Balaban J connectivity index is 0.000000115. The molecule has 34 atom stereocenters. The van der Waals surface area contributed by atoms with Crippen molar-refractivity contribution in [2.45, 2.75) is 302 Å². The second kappa shape index (κ2) is 37.1. The van der Waals surface area contributed by atoms with Crippen LogP contribution in [0.15, 0.2) is 0 Å². The number of ketones is 4. The Morgan fingerprint density at radius 1 is 0.322 bits per heavy atom. The first-order chi connectivity index (χ1) is 57.9. The van der Waals surface area contributed by atoms with Gasteiger partial charge in [0.15, 0.2) is 0 Å². The van der Waals surface area contributed by atoms with E-state index in [9.17, 15) is 39.6 Å². The number of ether oxygens (including phenoxy) is 6. The number of aliphatic hydroxyl groups is 4. The van der Waals surface area contributed by atoms with Gasteiger partial charge in [0.05, 0.1) is 114 Å². The van der Waals surface area contributed by atoms with Crippen LogP contribution in [0.2, 0.25) is 0 Å². The van der Waals surface area contributed by atoms with Gasteiger partial charge in [0.1, 0.15) is 23.1 Å². The summed E-state index contributed by atoms with van der Waals surface area (Å²) < 4.78 is 32.9. The lowest BCUT2D eigenvalue weighted by Crippen LogP contribution is -2.55. The number of fused-ring (bicyclic) bond motifs is 20. The Morgan fingerprint density at radius 2 is 0.620 bits per heavy atom. The van der Waals surface area contributed by atoms with Crippen LogP contribution in [0.3, 0.4) is 0 Å². The molecule has 686 valence electrons. The lowest BCUT2D eigenvalue weighted by Gasteiger charge is -2.58. The summed E-state index contributed by atoms with van der Waals surface area (Å²) in [6.45, 7) is 34.7. The van der Waals surface area contributed by atoms with Gasteiger partial charge >= 0.3 is 0 Å². The molecule has 0 radical (unpaired) electrons. The molecule has 0 spiro atoms. The predicted octanol–water partition coefficient (Wildman–Crippen LogP) is 15.1. The molecule has 16 aliphatic carbocycles. The Morgan fingerprint density at radius 3 is 0.959 bits per heavy atom. The standard InChI is InChI=1S/2C26H43NO4.C26H43NO3.C25H41NO3/c1-25-9-8-18-19(5-4-17-15-26(2,29)24(30-3)14-20(17)18)21(25)6-7-22(25)23(28)16-27-10-12-31-13-11-27;1-25-9-7-20-19-8-10-26(29,17-30-2)15-18(19)3-4-21(20)22(25)5-6-23(25)24(28)16-27-11-13-31-14-12-27;1-17-14-21-18(15-26(17,3)29)4-5-20-19(21)8-9-25(2)22(20)6-7-23(25)24(28)16-27-10-12-30-13-11-27;1-24(28)9-7-18-17(15-24)3-4-20-19(18)8-10-25(2)21(20)5-6-22(25)23(27)16-26-11-13-29-14-12-26/h17-22,24,29H,4-16H2,1-3H3;18-23,29H,3-17H2,1-2H3;17-23,29H,4-16H2,1-3H3;17-22,28H,3-16H2,1-2H3/t17-,18-,19+,20-,21-,22+,24-,25-,26-;18-,19-,20+,21+,22-,23+,25-,26+;17-,18-,19-,20+,21-,22-,23+,25-,26-;17-,18+,19-,20-,21+,22-,24-,25+/m0001/s1. The largest absolute Gasteiger partial charge is 0.390 e. The van der Waals surface area contributed by atoms with E-state index < -0.39 is 22.4 Å². The average molecular weight is 1690 g/mol. The average Bonchev–Trinajstić information content (AvgIpc) is 1.66. The van der Waals surface area contributed by atoms with Gasteiger partial charge < -0.3 is 48.8 Å². The molecule has 0 aromatic carbocycles. The minimum Gasteiger partial charge on any atom is -0.390 e. The van der Waals surface area contributed by atoms with Gasteiger partial charge in [0, 0.05) is 90.2 Å². The molecule has 0 amide bonds. The fraction of sp³-hybridized carbons (Fsp3) is 0.961. The van der Waals surface area contributed by atoms with E-state index in [4.69, 9.17) is 28.4 Å². The van der Waals surface area contributed by atoms with E-state index in [1.165, 1.54) is 141 Å². The van der Waals surface area contributed by atoms with Crippen molar-refractivity contribution < 1.29 is 68.0 Å². The van der Waals surface area contributed by atoms with Crippen molar-refractivity contribution in [1.29, 1.82) is 0 Å². The molecule has 16 saturated carbocycles. The Bertz CT molecular complexity index is 3510. The van der Waals surface area contributed by atoms with Crippen LogP contribution in [0.5, 0.6) is 0 Å². The normalized spacial score (nSPS) is 50.1. The third-order valence-corrected chi connectivity index (χ3v) is 41.8. The molecule has 18 nitrogen and oxygen atoms in total. The molecule has 20 fully saturated rings. The summed E-state index contributed by atoms with van der Waals surface area (Å²) in [5.74, 6) is 18.8. The first-order valence-electron chi connectivity index (χ1n) is 51.2. The van der Waals surface area contributed by atoms with Crippen molar-refractivity contribution in [2.24, 2.45) is 170 Å². The SMILES string of the molecule is COC[C@@]1(O)CC[C@H]2[C@@H](CC[C@@H]3[C@@H]2CC[C@]2(C)[C@@H](C(=O)CN4CCOCC4)CC[C@@H]32)C1.CO[C@H]1C[C@H]2[C@@H](CC[C@@H]3[C@@H]2CC[C@]2(C)[C@@H](C(=O)CN4CCOCC4)CC[C@@H]32)C[C@]1(C)O.C[C@@]1(O)CC[C@H]2[C@H](CC[C@@H]3[C@@H]2CC[C@]2(C)[C@@H](C(=O)CN4CCOCC4)CC[C@@H]32)C1.C[C@H]1C[C@H]2[C@@H](CC[C@@H]3[C@@H]2CC[C@]2(C)[C@@H](C(=O)CN4CCOCC4)CC[C@@H]32)C[C@]1(C)O. The quantitative estimate of drug-likeness (QED) is 0.120. The number of rotatable bonds is 15. The van der Waals surface area contributed by atoms with E-state index in [2.05, 4.69) is 68.1 Å². The van der Waals surface area contributed by atoms with Crippen LogP contribution in [0, 0.1) is 170 Å². The van der Waals surface area contributed by atoms with E-state index in [0.29, 0.717) is 85.5 Å². The number of morpholine rings is 4. The number of methoxy groups -OCH3 is 2. The molecule has 0 aromatic rings. The maximum atomic E-state index is 13.4. The van der Waals surface area contributed by atoms with E-state index in [1.807, 2.05) is 6.92 Å². The first-order valence-corrected chi connectivity index (χ1v) is 51.2. The second-order valence-electron chi connectivity index (χ2n) is 47.7. The summed E-state index contributed by atoms with van der Waals surface area (Å²) in [6.07, 6.45) is 40.3. The van der Waals surface area contributed by atoms with Gasteiger partial charge in [-0.3, -0.25) is 38.8 Å². The van der Waals surface area contributed by atoms with Crippen molar-refractivity contribution in [3.63, 3.8) is 0 Å². The molecule has 18 heteroatoms. The summed E-state index contributed by atoms with van der Waals surface area (Å²) in [6, 6.07) is 0. The van der Waals surface area contributed by atoms with Crippen LogP contribution in [0.4, 0.5) is 0 Å². The Hall–Kier alpha value is -1.88. The van der Waals surface area contributed by atoms with E-state index in [-0.39, 0.29) is 51.4 Å². The highest BCUT2D eigenvalue weighted by molar-refractivity contribution is 5.86. The zero-order chi connectivity index (χ0) is 84.8. The molecule has 0 aromatic heterocycles. The van der Waals surface area contributed by atoms with Gasteiger partial charge in [-0.2, -0.15) is 0 Å². The van der Waals surface area contributed by atoms with Gasteiger partial charge in [-0.15, -0.1) is 0 Å². The van der Waals surface area contributed by atoms with Crippen LogP contribution in [-0.2, 0) is 47.6 Å². The molecule has 20 aliphatic rings. The summed E-state index contributed by atoms with van der Waals surface area (Å²) in [4.78, 5) is 62.7. The highest BCUT2D eigenvalue weighted by atomic mass is 16.5. The third kappa shape index (κ3) is 18.2. The fourth-order valence-corrected chi connectivity index (χ4v) is 35.5. The molecule has 20 rings (SSSR count). The summed E-state index contributed by atoms with van der Waals surface area (Å²) >= 11 is 0. The number of hydrogen-bond acceptors (Lipinski definition) is 18. The second-order valence-corrected chi connectivity index (χ2v) is 47.7. The monoisotopic (exact) mass is 1690 g/mol. The van der Waals surface area contributed by atoms with Crippen molar-refractivity contribution in [1.82, 2.24) is 19.6 Å². The number of Topliss-reactive ketones (excluding diaryl/α,β-unsaturated/α-hetero) is 4. The van der Waals surface area contributed by atoms with Gasteiger partial charge in [-0.1, -0.05) is 34.6 Å². The number of carbonyl (C=O) groups is 4. The maximum absolute atomic E-state index is 13.4. The van der Waals surface area contributed by atoms with Crippen LogP contribution >= 0.6 is 0 Å². The van der Waals surface area contributed by atoms with E-state index >= 15 is 0 Å². The van der Waals surface area contributed by atoms with E-state index in [1.54, 1.807) is 14.2 Å². The molecule has 4 heterocycles.